The van der Waals surface area contributed by atoms with E-state index in [4.69, 9.17) is 9.47 Å². The van der Waals surface area contributed by atoms with E-state index in [1.54, 1.807) is 13.2 Å². The van der Waals surface area contributed by atoms with Gasteiger partial charge in [0.2, 0.25) is 0 Å². The Kier molecular flexibility index (Phi) is 5.62. The summed E-state index contributed by atoms with van der Waals surface area (Å²) >= 11 is 0. The SMILES string of the molecule is COc1cccc(OCC(=O)N2CCC(N3C=CN(c4cc5ccccc5[nH]4)C3)CC2)c1. The zero-order valence-corrected chi connectivity index (χ0v) is 18.2. The molecule has 0 spiro atoms. The van der Waals surface area contributed by atoms with Crippen molar-refractivity contribution in [3.8, 4) is 11.5 Å². The van der Waals surface area contributed by atoms with Crippen molar-refractivity contribution in [1.29, 1.82) is 0 Å². The van der Waals surface area contributed by atoms with Gasteiger partial charge in [0.25, 0.3) is 5.91 Å². The summed E-state index contributed by atoms with van der Waals surface area (Å²) in [5.41, 5.74) is 1.15. The minimum Gasteiger partial charge on any atom is -0.497 e. The first-order valence-corrected chi connectivity index (χ1v) is 11.0. The molecule has 3 heterocycles. The normalized spacial score (nSPS) is 16.7. The molecular formula is C25H28N4O3. The molecule has 7 nitrogen and oxygen atoms in total. The average molecular weight is 433 g/mol. The molecule has 0 aliphatic carbocycles. The zero-order valence-electron chi connectivity index (χ0n) is 18.2. The number of carbonyl (C=O) groups excluding carboxylic acids is 1. The van der Waals surface area contributed by atoms with Gasteiger partial charge in [-0.25, -0.2) is 0 Å². The van der Waals surface area contributed by atoms with Crippen LogP contribution in [0.5, 0.6) is 11.5 Å². The van der Waals surface area contributed by atoms with E-state index in [1.165, 1.54) is 5.39 Å². The number of ether oxygens (including phenoxy) is 2. The highest BCUT2D eigenvalue weighted by Crippen LogP contribution is 2.27. The van der Waals surface area contributed by atoms with Crippen molar-refractivity contribution in [1.82, 2.24) is 14.8 Å². The first-order chi connectivity index (χ1) is 15.7. The van der Waals surface area contributed by atoms with Crippen LogP contribution in [0.4, 0.5) is 5.82 Å². The van der Waals surface area contributed by atoms with Crippen LogP contribution in [0.1, 0.15) is 12.8 Å². The molecule has 7 heteroatoms. The number of aromatic nitrogens is 1. The Morgan fingerprint density at radius 2 is 1.84 bits per heavy atom. The Bertz CT molecular complexity index is 1080. The third-order valence-electron chi connectivity index (χ3n) is 6.27. The highest BCUT2D eigenvalue weighted by molar-refractivity contribution is 5.84. The summed E-state index contributed by atoms with van der Waals surface area (Å²) in [5, 5.41) is 1.22. The van der Waals surface area contributed by atoms with Crippen LogP contribution >= 0.6 is 0 Å². The molecular weight excluding hydrogens is 404 g/mol. The van der Waals surface area contributed by atoms with Crippen molar-refractivity contribution in [2.24, 2.45) is 0 Å². The van der Waals surface area contributed by atoms with Gasteiger partial charge in [0.15, 0.2) is 6.61 Å². The number of amides is 1. The third kappa shape index (κ3) is 4.23. The fourth-order valence-electron chi connectivity index (χ4n) is 4.42. The first kappa shape index (κ1) is 20.3. The van der Waals surface area contributed by atoms with E-state index in [0.717, 1.165) is 49.7 Å². The molecule has 1 fully saturated rings. The van der Waals surface area contributed by atoms with Crippen molar-refractivity contribution in [3.63, 3.8) is 0 Å². The first-order valence-electron chi connectivity index (χ1n) is 11.0. The lowest BCUT2D eigenvalue weighted by Gasteiger charge is -2.37. The molecule has 32 heavy (non-hydrogen) atoms. The van der Waals surface area contributed by atoms with Crippen molar-refractivity contribution in [2.45, 2.75) is 18.9 Å². The number of fused-ring (bicyclic) bond motifs is 1. The van der Waals surface area contributed by atoms with Crippen LogP contribution in [-0.2, 0) is 4.79 Å². The molecule has 0 atom stereocenters. The monoisotopic (exact) mass is 432 g/mol. The van der Waals surface area contributed by atoms with Gasteiger partial charge in [-0.1, -0.05) is 24.3 Å². The predicted molar refractivity (Wildman–Crippen MR) is 125 cm³/mol. The Hall–Kier alpha value is -3.61. The second-order valence-corrected chi connectivity index (χ2v) is 8.25. The van der Waals surface area contributed by atoms with Crippen LogP contribution in [0.15, 0.2) is 67.0 Å². The van der Waals surface area contributed by atoms with Gasteiger partial charge >= 0.3 is 0 Å². The van der Waals surface area contributed by atoms with E-state index in [1.807, 2.05) is 29.2 Å². The Balaban J connectivity index is 1.11. The number of rotatable bonds is 6. The highest BCUT2D eigenvalue weighted by atomic mass is 16.5. The highest BCUT2D eigenvalue weighted by Gasteiger charge is 2.28. The summed E-state index contributed by atoms with van der Waals surface area (Å²) in [7, 11) is 1.61. The fraction of sp³-hybridized carbons (Fsp3) is 0.320. The molecule has 5 rings (SSSR count). The van der Waals surface area contributed by atoms with Crippen LogP contribution in [0.25, 0.3) is 10.9 Å². The lowest BCUT2D eigenvalue weighted by atomic mass is 10.0. The topological polar surface area (TPSA) is 61.0 Å². The quantitative estimate of drug-likeness (QED) is 0.642. The molecule has 1 aromatic heterocycles. The Morgan fingerprint density at radius 1 is 1.03 bits per heavy atom. The maximum atomic E-state index is 12.6. The van der Waals surface area contributed by atoms with E-state index >= 15 is 0 Å². The Morgan fingerprint density at radius 3 is 2.66 bits per heavy atom. The molecule has 2 aliphatic heterocycles. The van der Waals surface area contributed by atoms with Gasteiger partial charge in [-0.3, -0.25) is 4.79 Å². The van der Waals surface area contributed by atoms with Gasteiger partial charge in [-0.2, -0.15) is 0 Å². The van der Waals surface area contributed by atoms with Crippen LogP contribution < -0.4 is 14.4 Å². The largest absolute Gasteiger partial charge is 0.497 e. The molecule has 1 saturated heterocycles. The smallest absolute Gasteiger partial charge is 0.260 e. The van der Waals surface area contributed by atoms with Gasteiger partial charge in [-0.05, 0) is 37.1 Å². The van der Waals surface area contributed by atoms with Gasteiger partial charge in [-0.15, -0.1) is 0 Å². The maximum Gasteiger partial charge on any atom is 0.260 e. The van der Waals surface area contributed by atoms with Crippen LogP contribution in [0.2, 0.25) is 0 Å². The molecule has 2 aromatic carbocycles. The van der Waals surface area contributed by atoms with Crippen molar-refractivity contribution in [3.05, 3.63) is 67.0 Å². The molecule has 166 valence electrons. The minimum absolute atomic E-state index is 0.0305. The molecule has 0 unspecified atom stereocenters. The van der Waals surface area contributed by atoms with E-state index in [9.17, 15) is 4.79 Å². The summed E-state index contributed by atoms with van der Waals surface area (Å²) < 4.78 is 10.9. The van der Waals surface area contributed by atoms with Crippen molar-refractivity contribution < 1.29 is 14.3 Å². The number of nitrogens with zero attached hydrogens (tertiary/aromatic N) is 3. The number of hydrogen-bond donors (Lipinski definition) is 1. The number of para-hydroxylation sites is 1. The number of nitrogens with one attached hydrogen (secondary N) is 1. The summed E-state index contributed by atoms with van der Waals surface area (Å²) in [4.78, 5) is 22.6. The number of carbonyl (C=O) groups is 1. The van der Waals surface area contributed by atoms with Crippen molar-refractivity contribution in [2.75, 3.05) is 38.4 Å². The molecule has 0 bridgehead atoms. The lowest BCUT2D eigenvalue weighted by molar-refractivity contribution is -0.134. The summed E-state index contributed by atoms with van der Waals surface area (Å²) in [6, 6.07) is 18.3. The van der Waals surface area contributed by atoms with Gasteiger partial charge < -0.3 is 29.2 Å². The third-order valence-corrected chi connectivity index (χ3v) is 6.27. The van der Waals surface area contributed by atoms with Crippen LogP contribution in [0, 0.1) is 0 Å². The second kappa shape index (κ2) is 8.86. The number of benzene rings is 2. The number of hydrogen-bond acceptors (Lipinski definition) is 5. The van der Waals surface area contributed by atoms with E-state index in [-0.39, 0.29) is 12.5 Å². The zero-order chi connectivity index (χ0) is 21.9. The molecule has 3 aromatic rings. The number of H-pyrrole nitrogens is 1. The van der Waals surface area contributed by atoms with Crippen molar-refractivity contribution >= 4 is 22.6 Å². The number of anilines is 1. The van der Waals surface area contributed by atoms with E-state index in [2.05, 4.69) is 51.4 Å². The number of piperidine rings is 1. The van der Waals surface area contributed by atoms with Crippen LogP contribution in [-0.4, -0.2) is 60.2 Å². The average Bonchev–Trinajstić information content (AvgIpc) is 3.50. The minimum atomic E-state index is 0.0305. The molecule has 0 saturated carbocycles. The van der Waals surface area contributed by atoms with Gasteiger partial charge in [0.05, 0.1) is 13.8 Å². The summed E-state index contributed by atoms with van der Waals surface area (Å²) in [6.45, 7) is 2.38. The molecule has 2 aliphatic rings. The Labute approximate surface area is 187 Å². The van der Waals surface area contributed by atoms with Gasteiger partial charge in [0, 0.05) is 48.5 Å². The number of methoxy groups -OCH3 is 1. The summed E-state index contributed by atoms with van der Waals surface area (Å²) in [6.07, 6.45) is 6.20. The maximum absolute atomic E-state index is 12.6. The molecule has 0 radical (unpaired) electrons. The number of likely N-dealkylation sites (tertiary alicyclic amines) is 1. The molecule has 1 amide bonds. The van der Waals surface area contributed by atoms with Crippen LogP contribution in [0.3, 0.4) is 0 Å². The lowest BCUT2D eigenvalue weighted by Crippen LogP contribution is -2.47. The summed E-state index contributed by atoms with van der Waals surface area (Å²) in [5.74, 6) is 2.50. The predicted octanol–water partition coefficient (Wildman–Crippen LogP) is 3.80. The number of aromatic amines is 1. The fourth-order valence-corrected chi connectivity index (χ4v) is 4.42. The molecule has 1 N–H and O–H groups in total. The second-order valence-electron chi connectivity index (χ2n) is 8.25. The van der Waals surface area contributed by atoms with E-state index in [0.29, 0.717) is 11.8 Å². The van der Waals surface area contributed by atoms with E-state index < -0.39 is 0 Å². The standard InChI is InChI=1S/C25H28N4O3/c1-31-21-6-4-7-22(16-21)32-17-25(30)27-11-9-20(10-12-27)28-13-14-29(18-28)24-15-19-5-2-3-8-23(19)26-24/h2-8,13-16,20,26H,9-12,17-18H2,1H3. The van der Waals surface area contributed by atoms with Gasteiger partial charge in [0.1, 0.15) is 17.3 Å².